The first-order chi connectivity index (χ1) is 9.02. The minimum Gasteiger partial charge on any atom is -0.394 e. The molecule has 0 saturated carbocycles. The van der Waals surface area contributed by atoms with Crippen LogP contribution in [0.15, 0.2) is 35.6 Å². The Bertz CT molecular complexity index is 554. The van der Waals surface area contributed by atoms with Crippen LogP contribution in [0.3, 0.4) is 0 Å². The third kappa shape index (κ3) is 3.65. The van der Waals surface area contributed by atoms with E-state index in [1.54, 1.807) is 18.1 Å². The minimum absolute atomic E-state index is 0.0115. The zero-order valence-corrected chi connectivity index (χ0v) is 12.0. The molecular weight excluding hydrogens is 258 g/mol. The molecule has 4 nitrogen and oxygen atoms in total. The topological polar surface area (TPSA) is 72.0 Å². The Balaban J connectivity index is 2.17. The molecule has 5 heteroatoms. The number of fused-ring (bicyclic) bond motifs is 1. The molecule has 2 atom stereocenters. The highest BCUT2D eigenvalue weighted by atomic mass is 32.2. The Morgan fingerprint density at radius 1 is 1.37 bits per heavy atom. The van der Waals surface area contributed by atoms with Gasteiger partial charge in [-0.3, -0.25) is 0 Å². The Labute approximate surface area is 117 Å². The van der Waals surface area contributed by atoms with Gasteiger partial charge in [-0.05, 0) is 19.4 Å². The van der Waals surface area contributed by atoms with Gasteiger partial charge in [0.1, 0.15) is 11.4 Å². The molecule has 0 aliphatic carbocycles. The van der Waals surface area contributed by atoms with Crippen molar-refractivity contribution in [3.8, 4) is 0 Å². The molecule has 2 rings (SSSR count). The number of aromatic nitrogens is 2. The fraction of sp³-hybridized carbons (Fsp3) is 0.429. The van der Waals surface area contributed by atoms with Crippen molar-refractivity contribution in [2.75, 3.05) is 6.61 Å². The molecule has 2 aromatic rings. The summed E-state index contributed by atoms with van der Waals surface area (Å²) in [5.41, 5.74) is 6.39. The second-order valence-corrected chi connectivity index (χ2v) is 6.57. The molecule has 0 bridgehead atoms. The Hall–Kier alpha value is -1.17. The molecule has 3 N–H and O–H groups in total. The van der Waals surface area contributed by atoms with E-state index in [1.165, 1.54) is 0 Å². The lowest BCUT2D eigenvalue weighted by molar-refractivity contribution is 0.201. The lowest BCUT2D eigenvalue weighted by Gasteiger charge is -2.25. The molecule has 0 aliphatic heterocycles. The van der Waals surface area contributed by atoms with Gasteiger partial charge >= 0.3 is 0 Å². The average Bonchev–Trinajstić information content (AvgIpc) is 2.38. The molecule has 0 fully saturated rings. The van der Waals surface area contributed by atoms with Crippen molar-refractivity contribution in [1.82, 2.24) is 9.97 Å². The zero-order valence-electron chi connectivity index (χ0n) is 11.2. The van der Waals surface area contributed by atoms with E-state index in [2.05, 4.69) is 16.9 Å². The highest BCUT2D eigenvalue weighted by Crippen LogP contribution is 2.30. The van der Waals surface area contributed by atoms with E-state index in [0.29, 0.717) is 0 Å². The fourth-order valence-corrected chi connectivity index (χ4v) is 3.28. The zero-order chi connectivity index (χ0) is 13.9. The number of hydrogen-bond acceptors (Lipinski definition) is 5. The Kier molecular flexibility index (Phi) is 4.39. The van der Waals surface area contributed by atoms with Crippen LogP contribution in [0.4, 0.5) is 0 Å². The van der Waals surface area contributed by atoms with Crippen LogP contribution in [0.1, 0.15) is 20.3 Å². The number of para-hydroxylation sites is 1. The monoisotopic (exact) mass is 277 g/mol. The second kappa shape index (κ2) is 5.86. The molecule has 1 aromatic heterocycles. The molecule has 0 spiro atoms. The molecule has 0 amide bonds. The molecular formula is C14H19N3OS. The van der Waals surface area contributed by atoms with Crippen LogP contribution in [-0.2, 0) is 0 Å². The van der Waals surface area contributed by atoms with Crippen molar-refractivity contribution < 1.29 is 5.11 Å². The van der Waals surface area contributed by atoms with Gasteiger partial charge in [-0.1, -0.05) is 25.1 Å². The number of benzene rings is 1. The average molecular weight is 277 g/mol. The molecule has 19 heavy (non-hydrogen) atoms. The number of nitrogens with zero attached hydrogens (tertiary/aromatic N) is 2. The smallest absolute Gasteiger partial charge is 0.117 e. The van der Waals surface area contributed by atoms with Gasteiger partial charge in [0.15, 0.2) is 0 Å². The summed E-state index contributed by atoms with van der Waals surface area (Å²) in [6, 6.07) is 7.96. The van der Waals surface area contributed by atoms with Crippen molar-refractivity contribution >= 4 is 22.7 Å². The molecule has 0 saturated heterocycles. The summed E-state index contributed by atoms with van der Waals surface area (Å²) >= 11 is 1.67. The predicted molar refractivity (Wildman–Crippen MR) is 79.2 cm³/mol. The third-order valence-corrected chi connectivity index (χ3v) is 4.05. The van der Waals surface area contributed by atoms with Crippen LogP contribution < -0.4 is 5.73 Å². The maximum absolute atomic E-state index is 9.22. The lowest BCUT2D eigenvalue weighted by atomic mass is 9.99. The van der Waals surface area contributed by atoms with Gasteiger partial charge in [0.2, 0.25) is 0 Å². The fourth-order valence-electron chi connectivity index (χ4n) is 2.03. The Morgan fingerprint density at radius 2 is 2.11 bits per heavy atom. The maximum Gasteiger partial charge on any atom is 0.117 e. The lowest BCUT2D eigenvalue weighted by Crippen LogP contribution is -2.42. The molecule has 1 heterocycles. The summed E-state index contributed by atoms with van der Waals surface area (Å²) in [6.45, 7) is 3.95. The van der Waals surface area contributed by atoms with Crippen molar-refractivity contribution in [2.24, 2.45) is 5.73 Å². The highest BCUT2D eigenvalue weighted by molar-refractivity contribution is 8.00. The summed E-state index contributed by atoms with van der Waals surface area (Å²) in [7, 11) is 0. The number of aliphatic hydroxyl groups is 1. The van der Waals surface area contributed by atoms with Crippen LogP contribution in [0.2, 0.25) is 0 Å². The number of thioether (sulfide) groups is 1. The summed E-state index contributed by atoms with van der Waals surface area (Å²) < 4.78 is 0. The van der Waals surface area contributed by atoms with Crippen molar-refractivity contribution in [3.05, 3.63) is 30.6 Å². The van der Waals surface area contributed by atoms with E-state index in [4.69, 9.17) is 5.73 Å². The number of nitrogens with two attached hydrogens (primary N) is 1. The van der Waals surface area contributed by atoms with Crippen LogP contribution in [0.25, 0.3) is 10.9 Å². The molecule has 102 valence electrons. The first-order valence-corrected chi connectivity index (χ1v) is 7.16. The number of hydrogen-bond donors (Lipinski definition) is 2. The van der Waals surface area contributed by atoms with Gasteiger partial charge in [0.05, 0.1) is 12.1 Å². The van der Waals surface area contributed by atoms with Gasteiger partial charge in [-0.15, -0.1) is 11.8 Å². The van der Waals surface area contributed by atoms with Crippen molar-refractivity contribution in [2.45, 2.75) is 36.1 Å². The second-order valence-electron chi connectivity index (χ2n) is 5.14. The largest absolute Gasteiger partial charge is 0.394 e. The van der Waals surface area contributed by atoms with Crippen molar-refractivity contribution in [3.63, 3.8) is 0 Å². The van der Waals surface area contributed by atoms with Crippen LogP contribution >= 0.6 is 11.8 Å². The van der Waals surface area contributed by atoms with E-state index in [1.807, 2.05) is 31.2 Å². The highest BCUT2D eigenvalue weighted by Gasteiger charge is 2.22. The minimum atomic E-state index is -0.546. The summed E-state index contributed by atoms with van der Waals surface area (Å²) in [5, 5.41) is 11.5. The molecule has 2 unspecified atom stereocenters. The molecule has 0 radical (unpaired) electrons. The summed E-state index contributed by atoms with van der Waals surface area (Å²) in [5.74, 6) is 0. The summed E-state index contributed by atoms with van der Waals surface area (Å²) in [4.78, 5) is 8.60. The van der Waals surface area contributed by atoms with Crippen LogP contribution in [0.5, 0.6) is 0 Å². The number of aliphatic hydroxyl groups excluding tert-OH is 1. The van der Waals surface area contributed by atoms with Gasteiger partial charge in [-0.25, -0.2) is 9.97 Å². The van der Waals surface area contributed by atoms with E-state index >= 15 is 0 Å². The normalized spacial score (nSPS) is 16.2. The van der Waals surface area contributed by atoms with Gasteiger partial charge in [-0.2, -0.15) is 0 Å². The van der Waals surface area contributed by atoms with Crippen LogP contribution in [0, 0.1) is 0 Å². The van der Waals surface area contributed by atoms with E-state index in [-0.39, 0.29) is 11.9 Å². The van der Waals surface area contributed by atoms with Crippen molar-refractivity contribution in [1.29, 1.82) is 0 Å². The molecule has 0 aliphatic rings. The SMILES string of the molecule is CC(CC(C)(N)CO)Sc1ncnc2ccccc12. The van der Waals surface area contributed by atoms with Gasteiger partial charge in [0, 0.05) is 16.2 Å². The third-order valence-electron chi connectivity index (χ3n) is 2.93. The summed E-state index contributed by atoms with van der Waals surface area (Å²) in [6.07, 6.45) is 2.32. The van der Waals surface area contributed by atoms with E-state index in [0.717, 1.165) is 22.3 Å². The quantitative estimate of drug-likeness (QED) is 0.647. The first-order valence-electron chi connectivity index (χ1n) is 6.28. The standard InChI is InChI=1S/C14H19N3OS/c1-10(7-14(2,15)8-18)19-13-11-5-3-4-6-12(11)16-9-17-13/h3-6,9-10,18H,7-8,15H2,1-2H3. The van der Waals surface area contributed by atoms with Gasteiger partial charge < -0.3 is 10.8 Å². The molecule has 1 aromatic carbocycles. The van der Waals surface area contributed by atoms with Gasteiger partial charge in [0.25, 0.3) is 0 Å². The maximum atomic E-state index is 9.22. The van der Waals surface area contributed by atoms with E-state index in [9.17, 15) is 5.11 Å². The predicted octanol–water partition coefficient (Wildman–Crippen LogP) is 2.21. The van der Waals surface area contributed by atoms with E-state index < -0.39 is 5.54 Å². The van der Waals surface area contributed by atoms with Crippen LogP contribution in [-0.4, -0.2) is 32.5 Å². The number of rotatable bonds is 5. The Morgan fingerprint density at radius 3 is 2.84 bits per heavy atom. The first kappa shape index (κ1) is 14.2.